The van der Waals surface area contributed by atoms with Crippen LogP contribution in [0.15, 0.2) is 78.9 Å². The fourth-order valence-corrected chi connectivity index (χ4v) is 4.02. The van der Waals surface area contributed by atoms with Crippen LogP contribution >= 0.6 is 11.6 Å². The SMILES string of the molecule is CCc1cccc(CC(NC(=O)C(CC(=O)c2ccccc2)Cc2ccc(Cl)cc2)B(O)O)c1. The molecule has 0 radical (unpaired) electrons. The van der Waals surface area contributed by atoms with Gasteiger partial charge in [-0.25, -0.2) is 0 Å². The van der Waals surface area contributed by atoms with Crippen molar-refractivity contribution in [1.82, 2.24) is 5.32 Å². The number of carbonyl (C=O) groups excluding carboxylic acids is 2. The van der Waals surface area contributed by atoms with E-state index >= 15 is 0 Å². The number of amides is 1. The van der Waals surface area contributed by atoms with Crippen LogP contribution in [0.2, 0.25) is 5.02 Å². The number of aryl methyl sites for hydroxylation is 1. The number of rotatable bonds is 11. The summed E-state index contributed by atoms with van der Waals surface area (Å²) in [4.78, 5) is 26.2. The number of carbonyl (C=O) groups is 2. The van der Waals surface area contributed by atoms with Gasteiger partial charge in [0.05, 0.1) is 5.94 Å². The van der Waals surface area contributed by atoms with Gasteiger partial charge in [-0.2, -0.15) is 0 Å². The van der Waals surface area contributed by atoms with Crippen LogP contribution in [0.5, 0.6) is 0 Å². The van der Waals surface area contributed by atoms with Crippen molar-refractivity contribution in [2.45, 2.75) is 38.5 Å². The van der Waals surface area contributed by atoms with Crippen molar-refractivity contribution in [3.05, 3.63) is 106 Å². The molecule has 5 nitrogen and oxygen atoms in total. The fourth-order valence-electron chi connectivity index (χ4n) is 3.89. The lowest BCUT2D eigenvalue weighted by Crippen LogP contribution is -2.50. The molecule has 0 heterocycles. The molecule has 0 saturated carbocycles. The summed E-state index contributed by atoms with van der Waals surface area (Å²) in [6.45, 7) is 2.05. The zero-order chi connectivity index (χ0) is 24.5. The summed E-state index contributed by atoms with van der Waals surface area (Å²) in [5.41, 5.74) is 3.42. The van der Waals surface area contributed by atoms with E-state index in [2.05, 4.69) is 5.32 Å². The first-order chi connectivity index (χ1) is 16.4. The lowest BCUT2D eigenvalue weighted by molar-refractivity contribution is -0.125. The summed E-state index contributed by atoms with van der Waals surface area (Å²) in [6.07, 6.45) is 1.44. The van der Waals surface area contributed by atoms with Crippen molar-refractivity contribution in [2.75, 3.05) is 0 Å². The highest BCUT2D eigenvalue weighted by atomic mass is 35.5. The molecular weight excluding hydrogens is 449 g/mol. The first-order valence-corrected chi connectivity index (χ1v) is 11.8. The van der Waals surface area contributed by atoms with E-state index in [0.29, 0.717) is 17.0 Å². The van der Waals surface area contributed by atoms with E-state index in [0.717, 1.165) is 23.1 Å². The molecule has 3 aromatic rings. The lowest BCUT2D eigenvalue weighted by Gasteiger charge is -2.23. The summed E-state index contributed by atoms with van der Waals surface area (Å²) >= 11 is 5.99. The first kappa shape index (κ1) is 25.7. The standard InChI is InChI=1S/C27H29BClNO4/c1-2-19-7-6-8-21(15-19)17-26(28(33)34)30-27(32)23(16-20-11-13-24(29)14-12-20)18-25(31)22-9-4-3-5-10-22/h3-15,23,26,33-34H,2,16-18H2,1H3,(H,30,32). The van der Waals surface area contributed by atoms with Crippen LogP contribution in [0.3, 0.4) is 0 Å². The molecule has 0 fully saturated rings. The zero-order valence-electron chi connectivity index (χ0n) is 19.2. The van der Waals surface area contributed by atoms with Gasteiger partial charge in [-0.05, 0) is 48.1 Å². The van der Waals surface area contributed by atoms with Crippen molar-refractivity contribution in [1.29, 1.82) is 0 Å². The fraction of sp³-hybridized carbons (Fsp3) is 0.259. The van der Waals surface area contributed by atoms with E-state index in [1.807, 2.05) is 49.4 Å². The van der Waals surface area contributed by atoms with Gasteiger partial charge in [0.15, 0.2) is 5.78 Å². The van der Waals surface area contributed by atoms with Gasteiger partial charge in [0.2, 0.25) is 5.91 Å². The monoisotopic (exact) mass is 477 g/mol. The molecule has 2 atom stereocenters. The van der Waals surface area contributed by atoms with E-state index in [1.165, 1.54) is 0 Å². The largest absolute Gasteiger partial charge is 0.475 e. The van der Waals surface area contributed by atoms with Gasteiger partial charge < -0.3 is 15.4 Å². The van der Waals surface area contributed by atoms with Gasteiger partial charge in [-0.3, -0.25) is 9.59 Å². The molecule has 3 rings (SSSR count). The van der Waals surface area contributed by atoms with E-state index < -0.39 is 24.9 Å². The predicted octanol–water partition coefficient (Wildman–Crippen LogP) is 4.07. The van der Waals surface area contributed by atoms with Crippen LogP contribution in [0.1, 0.15) is 40.4 Å². The highest BCUT2D eigenvalue weighted by Gasteiger charge is 2.30. The lowest BCUT2D eigenvalue weighted by atomic mass is 9.75. The maximum atomic E-state index is 13.3. The Morgan fingerprint density at radius 3 is 2.21 bits per heavy atom. The number of hydrogen-bond acceptors (Lipinski definition) is 4. The van der Waals surface area contributed by atoms with Crippen molar-refractivity contribution in [3.8, 4) is 0 Å². The molecule has 0 aliphatic carbocycles. The second kappa shape index (κ2) is 12.5. The summed E-state index contributed by atoms with van der Waals surface area (Å²) < 4.78 is 0. The highest BCUT2D eigenvalue weighted by Crippen LogP contribution is 2.19. The van der Waals surface area contributed by atoms with Crippen LogP contribution in [0.25, 0.3) is 0 Å². The molecule has 3 aromatic carbocycles. The van der Waals surface area contributed by atoms with Gasteiger partial charge >= 0.3 is 7.12 Å². The minimum absolute atomic E-state index is 0.00195. The molecule has 0 aromatic heterocycles. The zero-order valence-corrected chi connectivity index (χ0v) is 19.9. The van der Waals surface area contributed by atoms with Crippen LogP contribution in [0, 0.1) is 5.92 Å². The molecule has 0 bridgehead atoms. The van der Waals surface area contributed by atoms with E-state index in [9.17, 15) is 19.6 Å². The predicted molar refractivity (Wildman–Crippen MR) is 136 cm³/mol. The van der Waals surface area contributed by atoms with Crippen molar-refractivity contribution in [2.24, 2.45) is 5.92 Å². The number of halogens is 1. The maximum absolute atomic E-state index is 13.3. The Morgan fingerprint density at radius 2 is 1.56 bits per heavy atom. The third-order valence-corrected chi connectivity index (χ3v) is 6.09. The molecule has 7 heteroatoms. The molecular formula is C27H29BClNO4. The van der Waals surface area contributed by atoms with Crippen LogP contribution in [0.4, 0.5) is 0 Å². The number of benzene rings is 3. The average molecular weight is 478 g/mol. The van der Waals surface area contributed by atoms with Gasteiger partial charge in [-0.1, -0.05) is 85.3 Å². The second-order valence-corrected chi connectivity index (χ2v) is 8.86. The minimum Gasteiger partial charge on any atom is -0.426 e. The third kappa shape index (κ3) is 7.56. The molecule has 0 aliphatic rings. The number of ketones is 1. The van der Waals surface area contributed by atoms with E-state index in [-0.39, 0.29) is 18.6 Å². The maximum Gasteiger partial charge on any atom is 0.475 e. The Balaban J connectivity index is 1.78. The van der Waals surface area contributed by atoms with Gasteiger partial charge in [0.25, 0.3) is 0 Å². The van der Waals surface area contributed by atoms with Crippen molar-refractivity contribution < 1.29 is 19.6 Å². The smallest absolute Gasteiger partial charge is 0.426 e. The normalized spacial score (nSPS) is 12.6. The van der Waals surface area contributed by atoms with Gasteiger partial charge in [0.1, 0.15) is 0 Å². The Labute approximate surface area is 205 Å². The third-order valence-electron chi connectivity index (χ3n) is 5.84. The second-order valence-electron chi connectivity index (χ2n) is 8.43. The summed E-state index contributed by atoms with van der Waals surface area (Å²) in [6, 6.07) is 23.8. The highest BCUT2D eigenvalue weighted by molar-refractivity contribution is 6.43. The molecule has 2 unspecified atom stereocenters. The molecule has 34 heavy (non-hydrogen) atoms. The number of hydrogen-bond donors (Lipinski definition) is 3. The van der Waals surface area contributed by atoms with E-state index in [1.54, 1.807) is 36.4 Å². The van der Waals surface area contributed by atoms with Gasteiger partial charge in [-0.15, -0.1) is 0 Å². The Kier molecular flexibility index (Phi) is 9.46. The van der Waals surface area contributed by atoms with Crippen molar-refractivity contribution >= 4 is 30.4 Å². The topological polar surface area (TPSA) is 86.6 Å². The van der Waals surface area contributed by atoms with Crippen LogP contribution < -0.4 is 5.32 Å². The molecule has 0 spiro atoms. The Bertz CT molecular complexity index is 1090. The van der Waals surface area contributed by atoms with Crippen molar-refractivity contribution in [3.63, 3.8) is 0 Å². The summed E-state index contributed by atoms with van der Waals surface area (Å²) in [7, 11) is -1.74. The van der Waals surface area contributed by atoms with E-state index in [4.69, 9.17) is 11.6 Å². The quantitative estimate of drug-likeness (QED) is 0.287. The summed E-state index contributed by atoms with van der Waals surface area (Å²) in [5.74, 6) is -2.13. The molecule has 3 N–H and O–H groups in total. The molecule has 0 aliphatic heterocycles. The Morgan fingerprint density at radius 1 is 0.882 bits per heavy atom. The minimum atomic E-state index is -1.74. The molecule has 1 amide bonds. The summed E-state index contributed by atoms with van der Waals surface area (Å²) in [5, 5.41) is 23.3. The first-order valence-electron chi connectivity index (χ1n) is 11.4. The van der Waals surface area contributed by atoms with Gasteiger partial charge in [0, 0.05) is 22.9 Å². The molecule has 176 valence electrons. The Hall–Kier alpha value is -2.93. The average Bonchev–Trinajstić information content (AvgIpc) is 2.85. The van der Waals surface area contributed by atoms with Crippen LogP contribution in [-0.4, -0.2) is 34.8 Å². The molecule has 0 saturated heterocycles. The number of Topliss-reactive ketones (excluding diaryl/α,β-unsaturated/α-hetero) is 1. The van der Waals surface area contributed by atoms with Crippen LogP contribution in [-0.2, 0) is 24.1 Å². The number of nitrogens with one attached hydrogen (secondary N) is 1.